The number of pyridine rings is 1. The lowest BCUT2D eigenvalue weighted by atomic mass is 10.1. The maximum Gasteiger partial charge on any atom is 0.132 e. The van der Waals surface area contributed by atoms with Crippen molar-refractivity contribution in [3.63, 3.8) is 0 Å². The average Bonchev–Trinajstić information content (AvgIpc) is 3.26. The van der Waals surface area contributed by atoms with Crippen LogP contribution >= 0.6 is 0 Å². The second-order valence-corrected chi connectivity index (χ2v) is 6.74. The highest BCUT2D eigenvalue weighted by molar-refractivity contribution is 5.62. The molecule has 6 nitrogen and oxygen atoms in total. The Morgan fingerprint density at radius 2 is 2.00 bits per heavy atom. The fourth-order valence-electron chi connectivity index (χ4n) is 3.84. The summed E-state index contributed by atoms with van der Waals surface area (Å²) in [6, 6.07) is 12.7. The summed E-state index contributed by atoms with van der Waals surface area (Å²) in [6.07, 6.45) is 1.88. The van der Waals surface area contributed by atoms with Gasteiger partial charge in [-0.15, -0.1) is 5.10 Å². The number of halogens is 1. The van der Waals surface area contributed by atoms with Gasteiger partial charge in [-0.2, -0.15) is 0 Å². The molecule has 0 saturated carbocycles. The molecule has 0 spiro atoms. The summed E-state index contributed by atoms with van der Waals surface area (Å²) in [7, 11) is 0. The van der Waals surface area contributed by atoms with E-state index in [0.717, 1.165) is 31.0 Å². The molecule has 0 amide bonds. The van der Waals surface area contributed by atoms with Gasteiger partial charge in [0.1, 0.15) is 11.5 Å². The van der Waals surface area contributed by atoms with Gasteiger partial charge in [-0.1, -0.05) is 23.4 Å². The fourth-order valence-corrected chi connectivity index (χ4v) is 3.84. The van der Waals surface area contributed by atoms with Gasteiger partial charge in [-0.25, -0.2) is 9.07 Å². The number of nitrogens with zero attached hydrogens (tertiary/aromatic N) is 5. The van der Waals surface area contributed by atoms with Crippen molar-refractivity contribution >= 4 is 0 Å². The van der Waals surface area contributed by atoms with E-state index in [9.17, 15) is 4.39 Å². The van der Waals surface area contributed by atoms with Crippen molar-refractivity contribution in [3.05, 3.63) is 65.9 Å². The SMILES string of the molecule is Fc1ccccc1-c1nnn2c1CO[C@H]1CN(Cc3ccccn3)C[C@@H]12. The van der Waals surface area contributed by atoms with E-state index < -0.39 is 0 Å². The number of aromatic nitrogens is 4. The molecule has 5 rings (SSSR count). The Kier molecular flexibility index (Phi) is 3.76. The van der Waals surface area contributed by atoms with E-state index >= 15 is 0 Å². The van der Waals surface area contributed by atoms with Crippen molar-refractivity contribution in [1.29, 1.82) is 0 Å². The number of benzene rings is 1. The molecule has 1 saturated heterocycles. The molecule has 0 aliphatic carbocycles. The lowest BCUT2D eigenvalue weighted by molar-refractivity contribution is -0.00496. The number of likely N-dealkylation sites (tertiary alicyclic amines) is 1. The summed E-state index contributed by atoms with van der Waals surface area (Å²) < 4.78 is 22.2. The predicted octanol–water partition coefficient (Wildman–Crippen LogP) is 2.43. The van der Waals surface area contributed by atoms with Gasteiger partial charge in [-0.3, -0.25) is 9.88 Å². The molecule has 2 aliphatic rings. The van der Waals surface area contributed by atoms with Crippen LogP contribution in [0.3, 0.4) is 0 Å². The molecule has 0 N–H and O–H groups in total. The average molecular weight is 351 g/mol. The molecule has 2 aliphatic heterocycles. The van der Waals surface area contributed by atoms with Gasteiger partial charge in [0.05, 0.1) is 30.1 Å². The van der Waals surface area contributed by atoms with Crippen molar-refractivity contribution in [2.75, 3.05) is 13.1 Å². The molecule has 2 aromatic heterocycles. The minimum atomic E-state index is -0.291. The summed E-state index contributed by atoms with van der Waals surface area (Å²) in [5.41, 5.74) is 2.93. The van der Waals surface area contributed by atoms with Gasteiger partial charge < -0.3 is 4.74 Å². The van der Waals surface area contributed by atoms with Crippen molar-refractivity contribution < 1.29 is 9.13 Å². The standard InChI is InChI=1S/C19H18FN5O/c20-15-7-2-1-6-14(15)19-17-12-26-18-11-24(9-13-5-3-4-8-21-13)10-16(18)25(17)23-22-19/h1-8,16,18H,9-12H2/t16-,18-/m0/s1. The van der Waals surface area contributed by atoms with Crippen molar-refractivity contribution in [2.24, 2.45) is 0 Å². The van der Waals surface area contributed by atoms with Gasteiger partial charge in [-0.05, 0) is 24.3 Å². The molecule has 0 unspecified atom stereocenters. The molecular formula is C19H18FN5O. The Morgan fingerprint density at radius 3 is 2.85 bits per heavy atom. The molecule has 4 heterocycles. The zero-order valence-corrected chi connectivity index (χ0v) is 14.1. The van der Waals surface area contributed by atoms with Crippen LogP contribution in [-0.2, 0) is 17.9 Å². The van der Waals surface area contributed by atoms with Crippen molar-refractivity contribution in [1.82, 2.24) is 24.9 Å². The van der Waals surface area contributed by atoms with E-state index in [1.165, 1.54) is 6.07 Å². The molecule has 7 heteroatoms. The third-order valence-corrected chi connectivity index (χ3v) is 5.09. The second kappa shape index (κ2) is 6.26. The van der Waals surface area contributed by atoms with E-state index in [4.69, 9.17) is 4.74 Å². The van der Waals surface area contributed by atoms with Crippen LogP contribution < -0.4 is 0 Å². The summed E-state index contributed by atoms with van der Waals surface area (Å²) >= 11 is 0. The first-order valence-electron chi connectivity index (χ1n) is 8.72. The van der Waals surface area contributed by atoms with Gasteiger partial charge in [0, 0.05) is 31.4 Å². The maximum absolute atomic E-state index is 14.2. The maximum atomic E-state index is 14.2. The van der Waals surface area contributed by atoms with Crippen LogP contribution in [0.2, 0.25) is 0 Å². The number of fused-ring (bicyclic) bond motifs is 3. The first kappa shape index (κ1) is 15.6. The van der Waals surface area contributed by atoms with Gasteiger partial charge in [0.25, 0.3) is 0 Å². The smallest absolute Gasteiger partial charge is 0.132 e. The zero-order chi connectivity index (χ0) is 17.5. The van der Waals surface area contributed by atoms with Crippen LogP contribution in [-0.4, -0.2) is 44.1 Å². The van der Waals surface area contributed by atoms with Crippen LogP contribution in [0.25, 0.3) is 11.3 Å². The van der Waals surface area contributed by atoms with Crippen LogP contribution in [0.1, 0.15) is 17.4 Å². The van der Waals surface area contributed by atoms with E-state index in [0.29, 0.717) is 17.9 Å². The number of rotatable bonds is 3. The summed E-state index contributed by atoms with van der Waals surface area (Å²) in [5, 5.41) is 8.60. The lowest BCUT2D eigenvalue weighted by Gasteiger charge is -2.26. The Hall–Kier alpha value is -2.64. The number of ether oxygens (including phenoxy) is 1. The number of hydrogen-bond donors (Lipinski definition) is 0. The first-order chi connectivity index (χ1) is 12.8. The van der Waals surface area contributed by atoms with E-state index in [-0.39, 0.29) is 18.0 Å². The molecule has 2 atom stereocenters. The van der Waals surface area contributed by atoms with Crippen LogP contribution in [0.5, 0.6) is 0 Å². The summed E-state index contributed by atoms with van der Waals surface area (Å²) in [4.78, 5) is 6.72. The third-order valence-electron chi connectivity index (χ3n) is 5.09. The molecule has 1 aromatic carbocycles. The van der Waals surface area contributed by atoms with Crippen LogP contribution in [0.15, 0.2) is 48.7 Å². The molecule has 0 radical (unpaired) electrons. The molecular weight excluding hydrogens is 333 g/mol. The molecule has 132 valence electrons. The topological polar surface area (TPSA) is 56.1 Å². The Morgan fingerprint density at radius 1 is 1.12 bits per heavy atom. The van der Waals surface area contributed by atoms with E-state index in [2.05, 4.69) is 20.2 Å². The molecule has 3 aromatic rings. The minimum absolute atomic E-state index is 0.0707. The zero-order valence-electron chi connectivity index (χ0n) is 14.1. The monoisotopic (exact) mass is 351 g/mol. The Bertz CT molecular complexity index is 929. The van der Waals surface area contributed by atoms with E-state index in [1.54, 1.807) is 18.2 Å². The van der Waals surface area contributed by atoms with Crippen molar-refractivity contribution in [3.8, 4) is 11.3 Å². The quantitative estimate of drug-likeness (QED) is 0.725. The van der Waals surface area contributed by atoms with Crippen LogP contribution in [0, 0.1) is 5.82 Å². The predicted molar refractivity (Wildman–Crippen MR) is 92.5 cm³/mol. The van der Waals surface area contributed by atoms with Crippen molar-refractivity contribution in [2.45, 2.75) is 25.3 Å². The summed E-state index contributed by atoms with van der Waals surface area (Å²) in [5.74, 6) is -0.291. The van der Waals surface area contributed by atoms with E-state index in [1.807, 2.05) is 29.1 Å². The van der Waals surface area contributed by atoms with Crippen LogP contribution in [0.4, 0.5) is 4.39 Å². The number of hydrogen-bond acceptors (Lipinski definition) is 5. The lowest BCUT2D eigenvalue weighted by Crippen LogP contribution is -2.32. The van der Waals surface area contributed by atoms with Gasteiger partial charge in [0.15, 0.2) is 0 Å². The second-order valence-electron chi connectivity index (χ2n) is 6.74. The minimum Gasteiger partial charge on any atom is -0.368 e. The highest BCUT2D eigenvalue weighted by atomic mass is 19.1. The largest absolute Gasteiger partial charge is 0.368 e. The molecule has 26 heavy (non-hydrogen) atoms. The highest BCUT2D eigenvalue weighted by Crippen LogP contribution is 2.35. The first-order valence-corrected chi connectivity index (χ1v) is 8.72. The molecule has 1 fully saturated rings. The fraction of sp³-hybridized carbons (Fsp3) is 0.316. The summed E-state index contributed by atoms with van der Waals surface area (Å²) in [6.45, 7) is 2.82. The van der Waals surface area contributed by atoms with Gasteiger partial charge >= 0.3 is 0 Å². The van der Waals surface area contributed by atoms with Gasteiger partial charge in [0.2, 0.25) is 0 Å². The Labute approximate surface area is 150 Å². The molecule has 0 bridgehead atoms. The highest BCUT2D eigenvalue weighted by Gasteiger charge is 2.40. The normalized spacial score (nSPS) is 22.2. The third kappa shape index (κ3) is 2.60. The Balaban J connectivity index is 1.41.